The zero-order valence-electron chi connectivity index (χ0n) is 9.71. The number of carbonyl (C=O) groups excluding carboxylic acids is 1. The zero-order chi connectivity index (χ0) is 12.5. The van der Waals surface area contributed by atoms with E-state index < -0.39 is 0 Å². The molecule has 6 heteroatoms. The number of aromatic amines is 1. The van der Waals surface area contributed by atoms with Gasteiger partial charge in [0.1, 0.15) is 11.3 Å². The van der Waals surface area contributed by atoms with Crippen molar-refractivity contribution in [3.63, 3.8) is 0 Å². The highest BCUT2D eigenvalue weighted by Crippen LogP contribution is 2.10. The molecule has 0 aliphatic heterocycles. The van der Waals surface area contributed by atoms with Gasteiger partial charge in [-0.3, -0.25) is 9.89 Å². The summed E-state index contributed by atoms with van der Waals surface area (Å²) >= 11 is 0. The highest BCUT2D eigenvalue weighted by atomic mass is 16.1. The van der Waals surface area contributed by atoms with E-state index >= 15 is 0 Å². The van der Waals surface area contributed by atoms with Crippen LogP contribution in [0.4, 0.5) is 5.69 Å². The number of carbonyl (C=O) groups is 1. The standard InChI is InChI=1S/C12H11N5O/c1-8-2-3-17-7-10(16-11(17)4-8)12(18)15-9-5-13-14-6-9/h2-7H,1H3,(H,13,14)(H,15,18). The van der Waals surface area contributed by atoms with Gasteiger partial charge in [-0.15, -0.1) is 0 Å². The monoisotopic (exact) mass is 241 g/mol. The minimum Gasteiger partial charge on any atom is -0.318 e. The summed E-state index contributed by atoms with van der Waals surface area (Å²) in [6, 6.07) is 3.89. The van der Waals surface area contributed by atoms with E-state index in [2.05, 4.69) is 20.5 Å². The summed E-state index contributed by atoms with van der Waals surface area (Å²) in [5, 5.41) is 9.09. The first-order valence-electron chi connectivity index (χ1n) is 5.48. The van der Waals surface area contributed by atoms with Crippen LogP contribution in [0.1, 0.15) is 16.1 Å². The molecule has 0 fully saturated rings. The zero-order valence-corrected chi connectivity index (χ0v) is 9.71. The van der Waals surface area contributed by atoms with E-state index in [1.165, 1.54) is 6.20 Å². The topological polar surface area (TPSA) is 75.1 Å². The Balaban J connectivity index is 1.92. The van der Waals surface area contributed by atoms with Gasteiger partial charge in [0, 0.05) is 18.6 Å². The number of anilines is 1. The van der Waals surface area contributed by atoms with Crippen LogP contribution >= 0.6 is 0 Å². The maximum atomic E-state index is 11.9. The van der Waals surface area contributed by atoms with E-state index in [1.54, 1.807) is 12.4 Å². The third kappa shape index (κ3) is 1.84. The van der Waals surface area contributed by atoms with E-state index in [0.717, 1.165) is 11.2 Å². The summed E-state index contributed by atoms with van der Waals surface area (Å²) < 4.78 is 1.82. The van der Waals surface area contributed by atoms with Crippen LogP contribution in [0.25, 0.3) is 5.65 Å². The van der Waals surface area contributed by atoms with Crippen molar-refractivity contribution in [3.8, 4) is 0 Å². The number of fused-ring (bicyclic) bond motifs is 1. The van der Waals surface area contributed by atoms with Gasteiger partial charge >= 0.3 is 0 Å². The quantitative estimate of drug-likeness (QED) is 0.715. The Morgan fingerprint density at radius 3 is 3.17 bits per heavy atom. The van der Waals surface area contributed by atoms with Crippen molar-refractivity contribution in [2.24, 2.45) is 0 Å². The van der Waals surface area contributed by atoms with Crippen molar-refractivity contribution >= 4 is 17.2 Å². The summed E-state index contributed by atoms with van der Waals surface area (Å²) in [6.45, 7) is 1.99. The maximum Gasteiger partial charge on any atom is 0.275 e. The van der Waals surface area contributed by atoms with Crippen molar-refractivity contribution < 1.29 is 4.79 Å². The molecule has 0 radical (unpaired) electrons. The normalized spacial score (nSPS) is 10.7. The fourth-order valence-electron chi connectivity index (χ4n) is 1.71. The Morgan fingerprint density at radius 2 is 2.39 bits per heavy atom. The van der Waals surface area contributed by atoms with Crippen LogP contribution in [0.3, 0.4) is 0 Å². The fourth-order valence-corrected chi connectivity index (χ4v) is 1.71. The van der Waals surface area contributed by atoms with Gasteiger partial charge < -0.3 is 9.72 Å². The molecule has 90 valence electrons. The second-order valence-electron chi connectivity index (χ2n) is 4.04. The van der Waals surface area contributed by atoms with E-state index in [0.29, 0.717) is 11.4 Å². The molecule has 3 aromatic rings. The first-order chi connectivity index (χ1) is 8.72. The molecule has 0 unspecified atom stereocenters. The lowest BCUT2D eigenvalue weighted by molar-refractivity contribution is 0.102. The van der Waals surface area contributed by atoms with Gasteiger partial charge in [-0.2, -0.15) is 5.10 Å². The minimum atomic E-state index is -0.252. The van der Waals surface area contributed by atoms with Gasteiger partial charge in [-0.05, 0) is 24.6 Å². The molecule has 3 rings (SSSR count). The number of amides is 1. The third-order valence-corrected chi connectivity index (χ3v) is 2.60. The number of nitrogens with one attached hydrogen (secondary N) is 2. The Kier molecular flexibility index (Phi) is 2.33. The lowest BCUT2D eigenvalue weighted by Gasteiger charge is -1.96. The van der Waals surface area contributed by atoms with Gasteiger partial charge in [0.25, 0.3) is 5.91 Å². The molecule has 1 amide bonds. The summed E-state index contributed by atoms with van der Waals surface area (Å²) in [5.74, 6) is -0.252. The van der Waals surface area contributed by atoms with E-state index in [1.807, 2.05) is 29.7 Å². The van der Waals surface area contributed by atoms with Crippen LogP contribution in [0.15, 0.2) is 36.9 Å². The average molecular weight is 241 g/mol. The predicted molar refractivity (Wildman–Crippen MR) is 66.5 cm³/mol. The second-order valence-corrected chi connectivity index (χ2v) is 4.04. The molecular weight excluding hydrogens is 230 g/mol. The largest absolute Gasteiger partial charge is 0.318 e. The molecule has 0 aliphatic carbocycles. The first-order valence-corrected chi connectivity index (χ1v) is 5.48. The Hall–Kier alpha value is -2.63. The maximum absolute atomic E-state index is 11.9. The fraction of sp³-hybridized carbons (Fsp3) is 0.0833. The SMILES string of the molecule is Cc1ccn2cc(C(=O)Nc3cn[nH]c3)nc2c1. The van der Waals surface area contributed by atoms with Crippen LogP contribution in [0.2, 0.25) is 0 Å². The number of hydrogen-bond donors (Lipinski definition) is 2. The number of hydrogen-bond acceptors (Lipinski definition) is 3. The lowest BCUT2D eigenvalue weighted by Crippen LogP contribution is -2.11. The molecule has 3 heterocycles. The van der Waals surface area contributed by atoms with Gasteiger partial charge in [-0.1, -0.05) is 0 Å². The van der Waals surface area contributed by atoms with Crippen molar-refractivity contribution in [3.05, 3.63) is 48.2 Å². The molecule has 2 N–H and O–H groups in total. The van der Waals surface area contributed by atoms with E-state index in [4.69, 9.17) is 0 Å². The van der Waals surface area contributed by atoms with Crippen molar-refractivity contribution in [1.82, 2.24) is 19.6 Å². The molecule has 0 spiro atoms. The Morgan fingerprint density at radius 1 is 1.50 bits per heavy atom. The average Bonchev–Trinajstić information content (AvgIpc) is 2.96. The number of H-pyrrole nitrogens is 1. The molecule has 0 atom stereocenters. The van der Waals surface area contributed by atoms with E-state index in [-0.39, 0.29) is 5.91 Å². The molecule has 0 bridgehead atoms. The second kappa shape index (κ2) is 3.99. The van der Waals surface area contributed by atoms with Crippen molar-refractivity contribution in [2.75, 3.05) is 5.32 Å². The van der Waals surface area contributed by atoms with Gasteiger partial charge in [0.2, 0.25) is 0 Å². The first kappa shape index (κ1) is 10.5. The van der Waals surface area contributed by atoms with Crippen molar-refractivity contribution in [2.45, 2.75) is 6.92 Å². The van der Waals surface area contributed by atoms with E-state index in [9.17, 15) is 4.79 Å². The molecule has 0 aliphatic rings. The Labute approximate surface area is 103 Å². The third-order valence-electron chi connectivity index (χ3n) is 2.60. The summed E-state index contributed by atoms with van der Waals surface area (Å²) in [5.41, 5.74) is 2.86. The van der Waals surface area contributed by atoms with Crippen LogP contribution < -0.4 is 5.32 Å². The Bertz CT molecular complexity index is 698. The van der Waals surface area contributed by atoms with Gasteiger partial charge in [0.05, 0.1) is 11.9 Å². The van der Waals surface area contributed by atoms with Crippen LogP contribution in [0.5, 0.6) is 0 Å². The lowest BCUT2D eigenvalue weighted by atomic mass is 10.3. The molecule has 6 nitrogen and oxygen atoms in total. The smallest absolute Gasteiger partial charge is 0.275 e. The van der Waals surface area contributed by atoms with Gasteiger partial charge in [0.15, 0.2) is 0 Å². The number of aromatic nitrogens is 4. The highest BCUT2D eigenvalue weighted by molar-refractivity contribution is 6.03. The minimum absolute atomic E-state index is 0.252. The summed E-state index contributed by atoms with van der Waals surface area (Å²) in [6.07, 6.45) is 6.73. The van der Waals surface area contributed by atoms with Crippen LogP contribution in [-0.2, 0) is 0 Å². The molecule has 0 aromatic carbocycles. The number of pyridine rings is 1. The predicted octanol–water partition coefficient (Wildman–Crippen LogP) is 1.62. The molecule has 0 saturated heterocycles. The number of nitrogens with zero attached hydrogens (tertiary/aromatic N) is 3. The molecule has 0 saturated carbocycles. The van der Waals surface area contributed by atoms with Crippen molar-refractivity contribution in [1.29, 1.82) is 0 Å². The van der Waals surface area contributed by atoms with Gasteiger partial charge in [-0.25, -0.2) is 4.98 Å². The number of imidazole rings is 1. The molecule has 3 aromatic heterocycles. The molecular formula is C12H11N5O. The summed E-state index contributed by atoms with van der Waals surface area (Å²) in [7, 11) is 0. The number of aryl methyl sites for hydroxylation is 1. The van der Waals surface area contributed by atoms with Crippen LogP contribution in [0, 0.1) is 6.92 Å². The van der Waals surface area contributed by atoms with Crippen LogP contribution in [-0.4, -0.2) is 25.5 Å². The number of rotatable bonds is 2. The highest BCUT2D eigenvalue weighted by Gasteiger charge is 2.11. The molecule has 18 heavy (non-hydrogen) atoms. The summed E-state index contributed by atoms with van der Waals surface area (Å²) in [4.78, 5) is 16.2.